The second-order valence-corrected chi connectivity index (χ2v) is 5.74. The Kier molecular flexibility index (Phi) is 3.37. The zero-order valence-electron chi connectivity index (χ0n) is 13.5. The van der Waals surface area contributed by atoms with Crippen molar-refractivity contribution < 1.29 is 0 Å². The van der Waals surface area contributed by atoms with E-state index in [0.717, 1.165) is 42.2 Å². The average Bonchev–Trinajstić information content (AvgIpc) is 3.14. The Morgan fingerprint density at radius 1 is 0.696 bits per heavy atom. The lowest BCUT2D eigenvalue weighted by atomic mass is 10.3. The van der Waals surface area contributed by atoms with E-state index in [2.05, 4.69) is 59.4 Å². The van der Waals surface area contributed by atoms with E-state index in [1.165, 1.54) is 11.0 Å². The number of nitrogens with zero attached hydrogens (tertiary/aromatic N) is 4. The molecular weight excluding hydrogens is 284 g/mol. The van der Waals surface area contributed by atoms with Crippen LogP contribution in [-0.4, -0.2) is 19.1 Å². The summed E-state index contributed by atoms with van der Waals surface area (Å²) in [5, 5.41) is 0. The fraction of sp³-hybridized carbons (Fsp3) is 0.263. The van der Waals surface area contributed by atoms with Crippen molar-refractivity contribution in [1.29, 1.82) is 0 Å². The highest BCUT2D eigenvalue weighted by Crippen LogP contribution is 2.21. The maximum absolute atomic E-state index is 4.78. The van der Waals surface area contributed by atoms with Crippen LogP contribution in [0.4, 0.5) is 0 Å². The first-order valence-electron chi connectivity index (χ1n) is 8.20. The quantitative estimate of drug-likeness (QED) is 0.571. The van der Waals surface area contributed by atoms with Crippen LogP contribution in [0, 0.1) is 0 Å². The van der Waals surface area contributed by atoms with Gasteiger partial charge in [-0.1, -0.05) is 38.1 Å². The molecule has 0 amide bonds. The SMILES string of the molecule is CCc1nc2ccccc2n1Cn1c(CC)nc2ccccc21. The molecule has 0 N–H and O–H groups in total. The molecule has 0 aliphatic heterocycles. The predicted molar refractivity (Wildman–Crippen MR) is 93.6 cm³/mol. The smallest absolute Gasteiger partial charge is 0.111 e. The summed E-state index contributed by atoms with van der Waals surface area (Å²) in [6.45, 7) is 5.07. The molecule has 0 atom stereocenters. The molecule has 2 aromatic carbocycles. The van der Waals surface area contributed by atoms with E-state index in [9.17, 15) is 0 Å². The van der Waals surface area contributed by atoms with E-state index in [-0.39, 0.29) is 0 Å². The number of imidazole rings is 2. The van der Waals surface area contributed by atoms with Gasteiger partial charge in [0.1, 0.15) is 18.3 Å². The number of benzene rings is 2. The van der Waals surface area contributed by atoms with Crippen LogP contribution in [0.5, 0.6) is 0 Å². The van der Waals surface area contributed by atoms with Crippen molar-refractivity contribution in [3.8, 4) is 0 Å². The molecule has 2 aromatic heterocycles. The van der Waals surface area contributed by atoms with Gasteiger partial charge in [0.15, 0.2) is 0 Å². The highest BCUT2D eigenvalue weighted by atomic mass is 15.2. The van der Waals surface area contributed by atoms with Gasteiger partial charge in [-0.3, -0.25) is 0 Å². The van der Waals surface area contributed by atoms with Gasteiger partial charge in [-0.2, -0.15) is 0 Å². The molecular formula is C19H20N4. The lowest BCUT2D eigenvalue weighted by molar-refractivity contribution is 0.587. The number of aryl methyl sites for hydroxylation is 2. The molecule has 4 rings (SSSR count). The van der Waals surface area contributed by atoms with Crippen LogP contribution in [0.2, 0.25) is 0 Å². The minimum absolute atomic E-state index is 0.757. The van der Waals surface area contributed by atoms with E-state index < -0.39 is 0 Å². The van der Waals surface area contributed by atoms with Crippen LogP contribution < -0.4 is 0 Å². The first-order chi connectivity index (χ1) is 11.3. The molecule has 0 saturated carbocycles. The monoisotopic (exact) mass is 304 g/mol. The van der Waals surface area contributed by atoms with Crippen LogP contribution in [0.1, 0.15) is 25.5 Å². The molecule has 0 radical (unpaired) electrons. The average molecular weight is 304 g/mol. The van der Waals surface area contributed by atoms with Crippen molar-refractivity contribution in [2.45, 2.75) is 33.4 Å². The molecule has 0 spiro atoms. The number of hydrogen-bond donors (Lipinski definition) is 0. The molecule has 4 nitrogen and oxygen atoms in total. The lowest BCUT2D eigenvalue weighted by Gasteiger charge is -2.12. The third-order valence-electron chi connectivity index (χ3n) is 4.38. The molecule has 0 fully saturated rings. The molecule has 0 aliphatic carbocycles. The van der Waals surface area contributed by atoms with E-state index >= 15 is 0 Å². The lowest BCUT2D eigenvalue weighted by Crippen LogP contribution is -2.13. The van der Waals surface area contributed by atoms with Gasteiger partial charge in [-0.05, 0) is 24.3 Å². The zero-order chi connectivity index (χ0) is 15.8. The van der Waals surface area contributed by atoms with E-state index in [1.807, 2.05) is 12.1 Å². The van der Waals surface area contributed by atoms with Crippen molar-refractivity contribution in [3.63, 3.8) is 0 Å². The van der Waals surface area contributed by atoms with Gasteiger partial charge in [0, 0.05) is 12.8 Å². The zero-order valence-corrected chi connectivity index (χ0v) is 13.5. The molecule has 23 heavy (non-hydrogen) atoms. The Labute approximate surface area is 135 Å². The molecule has 2 heterocycles. The minimum atomic E-state index is 0.757. The van der Waals surface area contributed by atoms with Crippen LogP contribution in [-0.2, 0) is 19.5 Å². The van der Waals surface area contributed by atoms with Gasteiger partial charge >= 0.3 is 0 Å². The molecule has 0 aliphatic rings. The predicted octanol–water partition coefficient (Wildman–Crippen LogP) is 4.02. The summed E-state index contributed by atoms with van der Waals surface area (Å²) >= 11 is 0. The van der Waals surface area contributed by atoms with Gasteiger partial charge in [0.05, 0.1) is 22.1 Å². The fourth-order valence-electron chi connectivity index (χ4n) is 3.25. The highest BCUT2D eigenvalue weighted by molar-refractivity contribution is 5.77. The first-order valence-corrected chi connectivity index (χ1v) is 8.20. The molecule has 4 heteroatoms. The van der Waals surface area contributed by atoms with Crippen molar-refractivity contribution >= 4 is 22.1 Å². The summed E-state index contributed by atoms with van der Waals surface area (Å²) in [5.41, 5.74) is 4.49. The highest BCUT2D eigenvalue weighted by Gasteiger charge is 2.13. The minimum Gasteiger partial charge on any atom is -0.309 e. The van der Waals surface area contributed by atoms with Crippen LogP contribution in [0.15, 0.2) is 48.5 Å². The van der Waals surface area contributed by atoms with Crippen molar-refractivity contribution in [3.05, 3.63) is 60.2 Å². The number of aromatic nitrogens is 4. The second-order valence-electron chi connectivity index (χ2n) is 5.74. The van der Waals surface area contributed by atoms with Gasteiger partial charge < -0.3 is 9.13 Å². The molecule has 0 unspecified atom stereocenters. The van der Waals surface area contributed by atoms with Crippen molar-refractivity contribution in [2.24, 2.45) is 0 Å². The Balaban J connectivity index is 1.91. The molecule has 0 saturated heterocycles. The van der Waals surface area contributed by atoms with Crippen LogP contribution in [0.25, 0.3) is 22.1 Å². The first kappa shape index (κ1) is 14.0. The van der Waals surface area contributed by atoms with Crippen LogP contribution in [0.3, 0.4) is 0 Å². The summed E-state index contributed by atoms with van der Waals surface area (Å²) in [5.74, 6) is 2.23. The van der Waals surface area contributed by atoms with Gasteiger partial charge in [0.2, 0.25) is 0 Å². The summed E-state index contributed by atoms with van der Waals surface area (Å²) in [4.78, 5) is 9.55. The van der Waals surface area contributed by atoms with Crippen molar-refractivity contribution in [1.82, 2.24) is 19.1 Å². The molecule has 116 valence electrons. The fourth-order valence-corrected chi connectivity index (χ4v) is 3.25. The van der Waals surface area contributed by atoms with Gasteiger partial charge in [-0.25, -0.2) is 9.97 Å². The van der Waals surface area contributed by atoms with E-state index in [0.29, 0.717) is 0 Å². The Morgan fingerprint density at radius 2 is 1.13 bits per heavy atom. The molecule has 0 bridgehead atoms. The summed E-state index contributed by atoms with van der Waals surface area (Å²) in [6, 6.07) is 16.7. The summed E-state index contributed by atoms with van der Waals surface area (Å²) in [7, 11) is 0. The standard InChI is InChI=1S/C19H20N4/c1-3-18-20-14-9-5-7-11-16(14)22(18)13-23-17-12-8-6-10-15(17)21-19(23)4-2/h5-12H,3-4,13H2,1-2H3. The third-order valence-corrected chi connectivity index (χ3v) is 4.38. The van der Waals surface area contributed by atoms with Crippen LogP contribution >= 0.6 is 0 Å². The number of fused-ring (bicyclic) bond motifs is 2. The maximum Gasteiger partial charge on any atom is 0.111 e. The third kappa shape index (κ3) is 2.22. The van der Waals surface area contributed by atoms with E-state index in [4.69, 9.17) is 9.97 Å². The largest absolute Gasteiger partial charge is 0.309 e. The number of para-hydroxylation sites is 4. The van der Waals surface area contributed by atoms with Gasteiger partial charge in [-0.15, -0.1) is 0 Å². The normalized spacial score (nSPS) is 11.6. The number of hydrogen-bond acceptors (Lipinski definition) is 2. The summed E-state index contributed by atoms with van der Waals surface area (Å²) < 4.78 is 4.62. The summed E-state index contributed by atoms with van der Waals surface area (Å²) in [6.07, 6.45) is 1.84. The topological polar surface area (TPSA) is 35.6 Å². The van der Waals surface area contributed by atoms with Gasteiger partial charge in [0.25, 0.3) is 0 Å². The Bertz CT molecular complexity index is 898. The molecule has 4 aromatic rings. The van der Waals surface area contributed by atoms with Crippen molar-refractivity contribution in [2.75, 3.05) is 0 Å². The number of rotatable bonds is 4. The Hall–Kier alpha value is -2.62. The van der Waals surface area contributed by atoms with E-state index in [1.54, 1.807) is 0 Å². The Morgan fingerprint density at radius 3 is 1.57 bits per heavy atom. The maximum atomic E-state index is 4.78. The second kappa shape index (κ2) is 5.54.